The van der Waals surface area contributed by atoms with Crippen LogP contribution in [0.1, 0.15) is 105 Å². The molecule has 6 heteroatoms. The lowest BCUT2D eigenvalue weighted by Crippen LogP contribution is -2.45. The van der Waals surface area contributed by atoms with Gasteiger partial charge in [0.1, 0.15) is 0 Å². The highest BCUT2D eigenvalue weighted by Gasteiger charge is 2.50. The number of carbonyl (C=O) groups excluding carboxylic acids is 1. The third-order valence-electron chi connectivity index (χ3n) is 10.1. The van der Waals surface area contributed by atoms with Crippen LogP contribution in [0, 0.1) is 11.8 Å². The first-order chi connectivity index (χ1) is 18.9. The fraction of sp³-hybridized carbons (Fsp3) is 0.743. The topological polar surface area (TPSA) is 35.5 Å². The summed E-state index contributed by atoms with van der Waals surface area (Å²) < 4.78 is 14.4. The van der Waals surface area contributed by atoms with Crippen molar-refractivity contribution in [2.75, 3.05) is 0 Å². The van der Waals surface area contributed by atoms with Gasteiger partial charge in [0.05, 0.1) is 12.2 Å². The van der Waals surface area contributed by atoms with Crippen LogP contribution in [0.3, 0.4) is 0 Å². The zero-order chi connectivity index (χ0) is 30.9. The van der Waals surface area contributed by atoms with E-state index in [4.69, 9.17) is 20.5 Å². The van der Waals surface area contributed by atoms with E-state index in [0.717, 1.165) is 32.1 Å². The van der Waals surface area contributed by atoms with Crippen LogP contribution in [0.4, 0.5) is 0 Å². The van der Waals surface area contributed by atoms with E-state index in [1.807, 2.05) is 0 Å². The molecule has 1 aromatic rings. The van der Waals surface area contributed by atoms with Crippen LogP contribution < -0.4 is 0 Å². The average molecular weight is 621 g/mol. The third-order valence-corrected chi connectivity index (χ3v) is 19.3. The van der Waals surface area contributed by atoms with Gasteiger partial charge in [-0.1, -0.05) is 96.9 Å². The predicted molar refractivity (Wildman–Crippen MR) is 183 cm³/mol. The first kappa shape index (κ1) is 36.5. The molecule has 1 saturated carbocycles. The number of aryl methyl sites for hydroxylation is 1. The van der Waals surface area contributed by atoms with Gasteiger partial charge in [0.25, 0.3) is 0 Å². The quantitative estimate of drug-likeness (QED) is 0.0798. The molecule has 3 nitrogen and oxygen atoms in total. The highest BCUT2D eigenvalue weighted by Crippen LogP contribution is 2.48. The Bertz CT molecular complexity index is 946. The van der Waals surface area contributed by atoms with E-state index in [0.29, 0.717) is 18.3 Å². The van der Waals surface area contributed by atoms with Crippen molar-refractivity contribution in [2.24, 2.45) is 11.8 Å². The second kappa shape index (κ2) is 15.8. The van der Waals surface area contributed by atoms with Gasteiger partial charge in [0.2, 0.25) is 5.24 Å². The zero-order valence-corrected chi connectivity index (χ0v) is 30.8. The third kappa shape index (κ3) is 11.7. The number of rotatable bonds is 16. The van der Waals surface area contributed by atoms with Crippen molar-refractivity contribution in [1.82, 2.24) is 0 Å². The number of allylic oxidation sites excluding steroid dienone is 2. The minimum atomic E-state index is -1.94. The number of carbonyl (C=O) groups is 1. The van der Waals surface area contributed by atoms with E-state index >= 15 is 0 Å². The summed E-state index contributed by atoms with van der Waals surface area (Å²) in [5.41, 5.74) is 1.44. The van der Waals surface area contributed by atoms with Crippen LogP contribution in [-0.4, -0.2) is 34.1 Å². The summed E-state index contributed by atoms with van der Waals surface area (Å²) in [4.78, 5) is 11.2. The molecule has 1 fully saturated rings. The second-order valence-corrected chi connectivity index (χ2v) is 25.4. The highest BCUT2D eigenvalue weighted by atomic mass is 35.5. The largest absolute Gasteiger partial charge is 0.414 e. The van der Waals surface area contributed by atoms with Crippen LogP contribution in [0.5, 0.6) is 0 Å². The van der Waals surface area contributed by atoms with E-state index in [1.165, 1.54) is 31.2 Å². The summed E-state index contributed by atoms with van der Waals surface area (Å²) in [5, 5.41) is 0.114. The fourth-order valence-electron chi connectivity index (χ4n) is 5.50. The minimum Gasteiger partial charge on any atom is -0.414 e. The maximum atomic E-state index is 11.2. The van der Waals surface area contributed by atoms with Crippen molar-refractivity contribution in [3.05, 3.63) is 48.0 Å². The molecule has 1 aliphatic rings. The normalized spacial score (nSPS) is 22.5. The molecular weight excluding hydrogens is 560 g/mol. The summed E-state index contributed by atoms with van der Waals surface area (Å²) in [7, 11) is -3.87. The Labute approximate surface area is 260 Å². The fourth-order valence-corrected chi connectivity index (χ4v) is 8.40. The maximum Gasteiger partial charge on any atom is 0.221 e. The van der Waals surface area contributed by atoms with Gasteiger partial charge in [-0.05, 0) is 110 Å². The number of benzene rings is 1. The van der Waals surface area contributed by atoms with Crippen molar-refractivity contribution in [1.29, 1.82) is 0 Å². The Hall–Kier alpha value is -0.726. The molecule has 0 spiro atoms. The molecule has 0 bridgehead atoms. The number of hydrogen-bond donors (Lipinski definition) is 0. The van der Waals surface area contributed by atoms with Gasteiger partial charge in [-0.15, -0.1) is 0 Å². The van der Waals surface area contributed by atoms with Crippen LogP contribution in [0.25, 0.3) is 0 Å². The predicted octanol–water partition coefficient (Wildman–Crippen LogP) is 11.1. The van der Waals surface area contributed by atoms with Crippen LogP contribution in [0.2, 0.25) is 36.3 Å². The summed E-state index contributed by atoms with van der Waals surface area (Å²) in [6.45, 7) is 23.7. The maximum absolute atomic E-state index is 11.2. The van der Waals surface area contributed by atoms with Gasteiger partial charge in [-0.2, -0.15) is 0 Å². The lowest BCUT2D eigenvalue weighted by molar-refractivity contribution is -0.111. The smallest absolute Gasteiger partial charge is 0.221 e. The highest BCUT2D eigenvalue weighted by molar-refractivity contribution is 6.74. The van der Waals surface area contributed by atoms with Crippen molar-refractivity contribution in [2.45, 2.75) is 154 Å². The van der Waals surface area contributed by atoms with Crippen LogP contribution in [0.15, 0.2) is 42.5 Å². The van der Waals surface area contributed by atoms with Crippen molar-refractivity contribution in [3.63, 3.8) is 0 Å². The molecule has 41 heavy (non-hydrogen) atoms. The SMILES string of the molecule is CC(C)(C)[Si](C)(C)OC1CC(O[Si](C)(C)C(C)(C)C)[C@H](CCCCCc2ccccc2)[C@H]1C/C=C\CCCC(=O)Cl. The van der Waals surface area contributed by atoms with E-state index < -0.39 is 16.6 Å². The van der Waals surface area contributed by atoms with Gasteiger partial charge < -0.3 is 8.85 Å². The number of unbranched alkanes of at least 4 members (excludes halogenated alkanes) is 3. The van der Waals surface area contributed by atoms with E-state index in [-0.39, 0.29) is 27.5 Å². The number of halogens is 1. The second-order valence-electron chi connectivity index (χ2n) is 15.4. The van der Waals surface area contributed by atoms with Gasteiger partial charge >= 0.3 is 0 Å². The molecule has 0 aliphatic heterocycles. The molecule has 4 atom stereocenters. The summed E-state index contributed by atoms with van der Waals surface area (Å²) in [6.07, 6.45) is 15.3. The molecule has 2 unspecified atom stereocenters. The Balaban J connectivity index is 2.23. The molecule has 0 N–H and O–H groups in total. The first-order valence-electron chi connectivity index (χ1n) is 16.2. The Morgan fingerprint density at radius 2 is 1.39 bits per heavy atom. The molecule has 234 valence electrons. The monoisotopic (exact) mass is 620 g/mol. The van der Waals surface area contributed by atoms with Gasteiger partial charge in [-0.25, -0.2) is 0 Å². The molecule has 1 aromatic carbocycles. The zero-order valence-electron chi connectivity index (χ0n) is 28.0. The summed E-state index contributed by atoms with van der Waals surface area (Å²) in [6, 6.07) is 10.9. The molecule has 1 aliphatic carbocycles. The van der Waals surface area contributed by atoms with Gasteiger partial charge in [0, 0.05) is 6.42 Å². The molecule has 0 aromatic heterocycles. The summed E-state index contributed by atoms with van der Waals surface area (Å²) in [5.74, 6) is 0.962. The van der Waals surface area contributed by atoms with Gasteiger partial charge in [-0.3, -0.25) is 4.79 Å². The number of hydrogen-bond acceptors (Lipinski definition) is 3. The van der Waals surface area contributed by atoms with Crippen LogP contribution in [-0.2, 0) is 20.1 Å². The first-order valence-corrected chi connectivity index (χ1v) is 22.4. The Morgan fingerprint density at radius 3 is 1.93 bits per heavy atom. The lowest BCUT2D eigenvalue weighted by Gasteiger charge is -2.40. The molecule has 2 rings (SSSR count). The summed E-state index contributed by atoms with van der Waals surface area (Å²) >= 11 is 5.55. The van der Waals surface area contributed by atoms with Crippen molar-refractivity contribution in [3.8, 4) is 0 Å². The lowest BCUT2D eigenvalue weighted by atomic mass is 9.86. The molecule has 0 radical (unpaired) electrons. The average Bonchev–Trinajstić information content (AvgIpc) is 3.14. The van der Waals surface area contributed by atoms with Gasteiger partial charge in [0.15, 0.2) is 16.6 Å². The van der Waals surface area contributed by atoms with E-state index in [2.05, 4.69) is 110 Å². The van der Waals surface area contributed by atoms with E-state index in [1.54, 1.807) is 0 Å². The Kier molecular flexibility index (Phi) is 14.1. The molecular formula is C35H61ClO3Si2. The van der Waals surface area contributed by atoms with Crippen molar-refractivity contribution < 1.29 is 13.6 Å². The van der Waals surface area contributed by atoms with Crippen LogP contribution >= 0.6 is 11.6 Å². The standard InChI is InChI=1S/C35H61ClO3Si2/c1-34(2,3)40(7,8)38-31-27-32(39-41(9,10)35(4,5)6)30(29(31)24-18-11-12-20-26-33(36)37)25-19-14-17-23-28-21-15-13-16-22-28/h11,13,15-16,18,21-22,29-32H,12,14,17,19-20,23-27H2,1-10H3/b18-11-/t29-,30-,31?,32?/m1/s1. The van der Waals surface area contributed by atoms with Crippen molar-refractivity contribution >= 4 is 33.5 Å². The molecule has 0 heterocycles. The molecule has 0 amide bonds. The Morgan fingerprint density at radius 1 is 0.829 bits per heavy atom. The minimum absolute atomic E-state index is 0.173. The molecule has 0 saturated heterocycles. The van der Waals surface area contributed by atoms with E-state index in [9.17, 15) is 4.79 Å².